The van der Waals surface area contributed by atoms with Crippen LogP contribution in [0.1, 0.15) is 45.5 Å². The van der Waals surface area contributed by atoms with Crippen LogP contribution in [0.3, 0.4) is 0 Å². The largest absolute Gasteiger partial charge is 0.496 e. The number of carbonyl (C=O) groups excluding carboxylic acids is 4. The molecule has 4 aliphatic heterocycles. The number of piperidine rings is 1. The number of aromatic nitrogens is 1. The summed E-state index contributed by atoms with van der Waals surface area (Å²) < 4.78 is 13.4. The van der Waals surface area contributed by atoms with Gasteiger partial charge in [-0.1, -0.05) is 6.07 Å². The molecule has 0 saturated carbocycles. The number of fused-ring (bicyclic) bond motifs is 2. The van der Waals surface area contributed by atoms with Crippen molar-refractivity contribution >= 4 is 29.4 Å². The fourth-order valence-electron chi connectivity index (χ4n) is 7.79. The second-order valence-electron chi connectivity index (χ2n) is 13.7. The van der Waals surface area contributed by atoms with Gasteiger partial charge in [0.25, 0.3) is 11.5 Å². The van der Waals surface area contributed by atoms with Crippen molar-refractivity contribution in [3.63, 3.8) is 0 Å². The molecule has 1 atom stereocenters. The molecule has 2 N–H and O–H groups in total. The quantitative estimate of drug-likeness (QED) is 0.337. The van der Waals surface area contributed by atoms with Crippen LogP contribution in [0.15, 0.2) is 41.3 Å². The summed E-state index contributed by atoms with van der Waals surface area (Å²) in [5.74, 6) is 0.471. The first-order valence-electron chi connectivity index (χ1n) is 17.2. The third kappa shape index (κ3) is 6.07. The minimum atomic E-state index is -0.639. The summed E-state index contributed by atoms with van der Waals surface area (Å²) in [5, 5.41) is 5.01. The number of imide groups is 1. The zero-order valence-electron chi connectivity index (χ0n) is 29.6. The van der Waals surface area contributed by atoms with Crippen LogP contribution in [0.2, 0.25) is 0 Å². The van der Waals surface area contributed by atoms with Crippen LogP contribution >= 0.6 is 0 Å². The van der Waals surface area contributed by atoms with Gasteiger partial charge in [-0.25, -0.2) is 4.79 Å². The molecule has 4 aliphatic rings. The van der Waals surface area contributed by atoms with E-state index in [1.165, 1.54) is 0 Å². The number of rotatable bonds is 8. The maximum atomic E-state index is 13.4. The molecule has 14 heteroatoms. The van der Waals surface area contributed by atoms with Crippen LogP contribution < -0.4 is 30.6 Å². The maximum absolute atomic E-state index is 13.4. The summed E-state index contributed by atoms with van der Waals surface area (Å²) in [6.07, 6.45) is 2.96. The van der Waals surface area contributed by atoms with E-state index >= 15 is 0 Å². The highest BCUT2D eigenvalue weighted by Gasteiger charge is 2.40. The van der Waals surface area contributed by atoms with E-state index in [0.29, 0.717) is 55.1 Å². The van der Waals surface area contributed by atoms with Crippen LogP contribution in [0, 0.1) is 0 Å². The van der Waals surface area contributed by atoms with Crippen LogP contribution in [-0.2, 0) is 42.7 Å². The minimum absolute atomic E-state index is 0.115. The number of aryl methyl sites for hydroxylation is 1. The van der Waals surface area contributed by atoms with Crippen LogP contribution in [0.4, 0.5) is 10.5 Å². The van der Waals surface area contributed by atoms with E-state index < -0.39 is 11.9 Å². The Morgan fingerprint density at radius 3 is 2.37 bits per heavy atom. The third-order valence-electron chi connectivity index (χ3n) is 10.8. The predicted molar refractivity (Wildman–Crippen MR) is 189 cm³/mol. The first-order chi connectivity index (χ1) is 24.5. The molecule has 0 aliphatic carbocycles. The molecule has 5 heterocycles. The number of ether oxygens (including phenoxy) is 2. The average Bonchev–Trinajstić information content (AvgIpc) is 3.44. The van der Waals surface area contributed by atoms with Crippen molar-refractivity contribution in [1.82, 2.24) is 29.9 Å². The summed E-state index contributed by atoms with van der Waals surface area (Å²) in [5.41, 5.74) is 6.53. The molecule has 3 aromatic rings. The van der Waals surface area contributed by atoms with Gasteiger partial charge < -0.3 is 34.1 Å². The molecule has 0 radical (unpaired) electrons. The van der Waals surface area contributed by atoms with Crippen molar-refractivity contribution in [1.29, 1.82) is 0 Å². The number of likely N-dealkylation sites (N-methyl/N-ethyl adjacent to an activating group) is 1. The van der Waals surface area contributed by atoms with Crippen molar-refractivity contribution in [3.8, 4) is 22.6 Å². The van der Waals surface area contributed by atoms with E-state index in [4.69, 9.17) is 9.47 Å². The van der Waals surface area contributed by atoms with E-state index in [-0.39, 0.29) is 42.4 Å². The van der Waals surface area contributed by atoms with Gasteiger partial charge in [0.2, 0.25) is 11.8 Å². The normalized spacial score (nSPS) is 18.9. The molecule has 0 spiro atoms. The van der Waals surface area contributed by atoms with E-state index in [2.05, 4.69) is 20.4 Å². The standard InChI is InChI=1S/C37H43N7O7/c1-38-37(49)43-11-10-25-27(18-40(2)35(47)28(25)20-43)22-12-31(50-4)29(32(13-22)51-5)19-42-16-24(17-42)41(3)23-7-6-21-15-44(36(48)26(21)14-23)30-8-9-33(45)39-34(30)46/h6-7,12-14,18,24,30H,8-11,15-17,19-20H2,1-5H3,(H,38,49)(H,39,45,46). The monoisotopic (exact) mass is 697 g/mol. The number of benzene rings is 2. The molecule has 2 aromatic carbocycles. The van der Waals surface area contributed by atoms with E-state index in [1.807, 2.05) is 43.6 Å². The van der Waals surface area contributed by atoms with Crippen molar-refractivity contribution in [2.24, 2.45) is 7.05 Å². The van der Waals surface area contributed by atoms with Crippen LogP contribution in [0.5, 0.6) is 11.5 Å². The summed E-state index contributed by atoms with van der Waals surface area (Å²) >= 11 is 0. The maximum Gasteiger partial charge on any atom is 0.317 e. The Kier molecular flexibility index (Phi) is 8.96. The number of methoxy groups -OCH3 is 2. The van der Waals surface area contributed by atoms with Crippen molar-refractivity contribution in [3.05, 3.63) is 74.7 Å². The molecule has 14 nitrogen and oxygen atoms in total. The molecular formula is C37H43N7O7. The van der Waals surface area contributed by atoms with Gasteiger partial charge in [-0.05, 0) is 53.8 Å². The zero-order chi connectivity index (χ0) is 36.1. The Bertz CT molecular complexity index is 1980. The second-order valence-corrected chi connectivity index (χ2v) is 13.7. The Hall–Kier alpha value is -5.37. The van der Waals surface area contributed by atoms with Crippen molar-refractivity contribution < 1.29 is 28.7 Å². The van der Waals surface area contributed by atoms with Gasteiger partial charge in [0.05, 0.1) is 32.4 Å². The fourth-order valence-corrected chi connectivity index (χ4v) is 7.79. The lowest BCUT2D eigenvalue weighted by Gasteiger charge is -2.45. The number of anilines is 1. The number of nitrogens with zero attached hydrogens (tertiary/aromatic N) is 5. The van der Waals surface area contributed by atoms with Crippen LogP contribution in [-0.4, -0.2) is 103 Å². The Morgan fingerprint density at radius 2 is 1.71 bits per heavy atom. The number of amides is 5. The Morgan fingerprint density at radius 1 is 0.980 bits per heavy atom. The highest BCUT2D eigenvalue weighted by Crippen LogP contribution is 2.39. The summed E-state index contributed by atoms with van der Waals surface area (Å²) in [6, 6.07) is 9.23. The third-order valence-corrected chi connectivity index (χ3v) is 10.8. The molecule has 1 unspecified atom stereocenters. The molecule has 5 amide bonds. The minimum Gasteiger partial charge on any atom is -0.496 e. The SMILES string of the molecule is CNC(=O)N1CCc2c(-c3cc(OC)c(CN4CC(N(C)c5ccc6c(c5)C(=O)N(C5CCC(=O)NC5=O)C6)C4)c(OC)c3)cn(C)c(=O)c2C1. The smallest absolute Gasteiger partial charge is 0.317 e. The van der Waals surface area contributed by atoms with Gasteiger partial charge in [-0.15, -0.1) is 0 Å². The summed E-state index contributed by atoms with van der Waals surface area (Å²) in [7, 11) is 8.62. The van der Waals surface area contributed by atoms with Crippen molar-refractivity contribution in [2.45, 2.75) is 51.0 Å². The Labute approximate surface area is 295 Å². The molecule has 51 heavy (non-hydrogen) atoms. The number of urea groups is 1. The molecular weight excluding hydrogens is 654 g/mol. The fraction of sp³-hybridized carbons (Fsp3) is 0.432. The first-order valence-corrected chi connectivity index (χ1v) is 17.2. The van der Waals surface area contributed by atoms with Crippen molar-refractivity contribution in [2.75, 3.05) is 52.8 Å². The lowest BCUT2D eigenvalue weighted by molar-refractivity contribution is -0.136. The first kappa shape index (κ1) is 34.1. The molecule has 268 valence electrons. The second kappa shape index (κ2) is 13.4. The molecule has 2 fully saturated rings. The summed E-state index contributed by atoms with van der Waals surface area (Å²) in [6.45, 7) is 3.28. The molecule has 7 rings (SSSR count). The summed E-state index contributed by atoms with van der Waals surface area (Å²) in [4.78, 5) is 70.7. The Balaban J connectivity index is 1.05. The predicted octanol–water partition coefficient (Wildman–Crippen LogP) is 1.85. The topological polar surface area (TPSA) is 146 Å². The van der Waals surface area contributed by atoms with E-state index in [9.17, 15) is 24.0 Å². The van der Waals surface area contributed by atoms with Gasteiger partial charge in [-0.3, -0.25) is 29.4 Å². The number of hydrogen-bond acceptors (Lipinski definition) is 9. The van der Waals surface area contributed by atoms with Gasteiger partial charge in [-0.2, -0.15) is 0 Å². The molecule has 1 aromatic heterocycles. The number of nitrogens with one attached hydrogen (secondary N) is 2. The average molecular weight is 698 g/mol. The van der Waals surface area contributed by atoms with Gasteiger partial charge in [0, 0.05) is 88.9 Å². The molecule has 2 saturated heterocycles. The highest BCUT2D eigenvalue weighted by molar-refractivity contribution is 6.05. The number of pyridine rings is 1. The van der Waals surface area contributed by atoms with Gasteiger partial charge in [0.15, 0.2) is 0 Å². The molecule has 0 bridgehead atoms. The lowest BCUT2D eigenvalue weighted by atomic mass is 9.91. The van der Waals surface area contributed by atoms with E-state index in [1.54, 1.807) is 42.7 Å². The van der Waals surface area contributed by atoms with Crippen LogP contribution in [0.25, 0.3) is 11.1 Å². The number of hydrogen-bond donors (Lipinski definition) is 2. The van der Waals surface area contributed by atoms with Gasteiger partial charge >= 0.3 is 6.03 Å². The zero-order valence-corrected chi connectivity index (χ0v) is 29.6. The number of carbonyl (C=O) groups is 4. The van der Waals surface area contributed by atoms with E-state index in [0.717, 1.165) is 46.6 Å². The number of likely N-dealkylation sites (tertiary alicyclic amines) is 1. The van der Waals surface area contributed by atoms with Gasteiger partial charge in [0.1, 0.15) is 17.5 Å². The lowest BCUT2D eigenvalue weighted by Crippen LogP contribution is -2.58. The highest BCUT2D eigenvalue weighted by atomic mass is 16.5.